The van der Waals surface area contributed by atoms with Crippen LogP contribution in [-0.4, -0.2) is 33.9 Å². The molecule has 6 heteroatoms. The van der Waals surface area contributed by atoms with Gasteiger partial charge in [-0.15, -0.1) is 11.8 Å². The summed E-state index contributed by atoms with van der Waals surface area (Å²) in [4.78, 5) is 25.1. The van der Waals surface area contributed by atoms with Gasteiger partial charge in [-0.05, 0) is 24.5 Å². The molecule has 0 saturated carbocycles. The molecule has 0 spiro atoms. The zero-order valence-electron chi connectivity index (χ0n) is 11.9. The number of hydrogen-bond acceptors (Lipinski definition) is 4. The highest BCUT2D eigenvalue weighted by Gasteiger charge is 2.39. The van der Waals surface area contributed by atoms with Crippen molar-refractivity contribution in [1.29, 1.82) is 0 Å². The Kier molecular flexibility index (Phi) is 4.88. The summed E-state index contributed by atoms with van der Waals surface area (Å²) in [5.74, 6) is -1.94. The van der Waals surface area contributed by atoms with E-state index in [2.05, 4.69) is 0 Å². The van der Waals surface area contributed by atoms with E-state index >= 15 is 0 Å². The number of aliphatic carboxylic acids is 1. The fourth-order valence-corrected chi connectivity index (χ4v) is 4.00. The lowest BCUT2D eigenvalue weighted by molar-refractivity contribution is -0.310. The minimum absolute atomic E-state index is 0.0972. The summed E-state index contributed by atoms with van der Waals surface area (Å²) in [7, 11) is 0. The Bertz CT molecular complexity index is 549. The lowest BCUT2D eigenvalue weighted by Gasteiger charge is -2.31. The molecular formula is C15H17FNO3S-. The number of thioether (sulfide) groups is 1. The summed E-state index contributed by atoms with van der Waals surface area (Å²) in [6, 6.07) is 4.62. The van der Waals surface area contributed by atoms with Crippen LogP contribution in [0.3, 0.4) is 0 Å². The summed E-state index contributed by atoms with van der Waals surface area (Å²) in [5.41, 5.74) is -0.0972. The molecule has 1 aliphatic heterocycles. The van der Waals surface area contributed by atoms with Crippen LogP contribution in [0.25, 0.3) is 0 Å². The molecule has 4 nitrogen and oxygen atoms in total. The zero-order chi connectivity index (χ0) is 15.6. The average Bonchev–Trinajstić information content (AvgIpc) is 2.81. The first kappa shape index (κ1) is 15.8. The van der Waals surface area contributed by atoms with Crippen molar-refractivity contribution >= 4 is 23.6 Å². The Hall–Kier alpha value is -1.56. The molecule has 114 valence electrons. The summed E-state index contributed by atoms with van der Waals surface area (Å²) in [6.45, 7) is 4.00. The van der Waals surface area contributed by atoms with Gasteiger partial charge in [0.1, 0.15) is 5.82 Å². The van der Waals surface area contributed by atoms with E-state index in [0.717, 1.165) is 0 Å². The standard InChI is InChI=1S/C15H18FNO3S/c1-9(2)7-13-17(12(8-21-13)15(19)20)14(18)10-5-3-4-6-11(10)16/h3-6,9,12-13H,7-8H2,1-2H3,(H,19,20)/p-1/t12-,13-/m1/s1. The SMILES string of the molecule is CC(C)C[C@H]1SC[C@H](C(=O)[O-])N1C(=O)c1ccccc1F. The van der Waals surface area contributed by atoms with Crippen molar-refractivity contribution in [3.8, 4) is 0 Å². The topological polar surface area (TPSA) is 60.4 Å². The van der Waals surface area contributed by atoms with Crippen molar-refractivity contribution in [2.45, 2.75) is 31.7 Å². The van der Waals surface area contributed by atoms with Gasteiger partial charge in [0.05, 0.1) is 22.9 Å². The summed E-state index contributed by atoms with van der Waals surface area (Å²) in [6.07, 6.45) is 0.661. The molecule has 1 fully saturated rings. The highest BCUT2D eigenvalue weighted by atomic mass is 32.2. The molecule has 1 heterocycles. The van der Waals surface area contributed by atoms with Gasteiger partial charge in [-0.3, -0.25) is 4.79 Å². The van der Waals surface area contributed by atoms with Crippen molar-refractivity contribution in [2.75, 3.05) is 5.75 Å². The molecule has 1 amide bonds. The number of amides is 1. The normalized spacial score (nSPS) is 21.8. The number of hydrogen-bond donors (Lipinski definition) is 0. The van der Waals surface area contributed by atoms with Gasteiger partial charge in [0.2, 0.25) is 0 Å². The third-order valence-corrected chi connectivity index (χ3v) is 4.69. The monoisotopic (exact) mass is 310 g/mol. The van der Waals surface area contributed by atoms with E-state index in [1.807, 2.05) is 13.8 Å². The van der Waals surface area contributed by atoms with Crippen molar-refractivity contribution in [1.82, 2.24) is 4.90 Å². The smallest absolute Gasteiger partial charge is 0.258 e. The van der Waals surface area contributed by atoms with E-state index in [4.69, 9.17) is 0 Å². The Morgan fingerprint density at radius 1 is 1.43 bits per heavy atom. The number of nitrogens with zero attached hydrogens (tertiary/aromatic N) is 1. The third kappa shape index (κ3) is 3.37. The van der Waals surface area contributed by atoms with Crippen LogP contribution in [0.1, 0.15) is 30.6 Å². The fraction of sp³-hybridized carbons (Fsp3) is 0.467. The van der Waals surface area contributed by atoms with Crippen LogP contribution in [0.2, 0.25) is 0 Å². The largest absolute Gasteiger partial charge is 0.548 e. The van der Waals surface area contributed by atoms with Crippen LogP contribution in [0.15, 0.2) is 24.3 Å². The molecule has 0 bridgehead atoms. The molecule has 0 radical (unpaired) electrons. The number of carbonyl (C=O) groups is 2. The molecule has 0 unspecified atom stereocenters. The number of carboxylic acids is 1. The Morgan fingerprint density at radius 2 is 2.10 bits per heavy atom. The first-order valence-corrected chi connectivity index (χ1v) is 7.86. The predicted octanol–water partition coefficient (Wildman–Crippen LogP) is 1.51. The number of benzene rings is 1. The van der Waals surface area contributed by atoms with Crippen LogP contribution in [0, 0.1) is 11.7 Å². The predicted molar refractivity (Wildman–Crippen MR) is 77.1 cm³/mol. The Labute approximate surface area is 127 Å². The summed E-state index contributed by atoms with van der Waals surface area (Å²) >= 11 is 1.41. The van der Waals surface area contributed by atoms with Gasteiger partial charge >= 0.3 is 0 Å². The van der Waals surface area contributed by atoms with Gasteiger partial charge < -0.3 is 14.8 Å². The molecule has 1 aliphatic rings. The summed E-state index contributed by atoms with van der Waals surface area (Å²) < 4.78 is 13.8. The van der Waals surface area contributed by atoms with Gasteiger partial charge in [-0.1, -0.05) is 26.0 Å². The maximum Gasteiger partial charge on any atom is 0.258 e. The minimum atomic E-state index is -1.29. The van der Waals surface area contributed by atoms with Crippen LogP contribution in [-0.2, 0) is 4.79 Å². The maximum atomic E-state index is 13.8. The summed E-state index contributed by atoms with van der Waals surface area (Å²) in [5, 5.41) is 11.0. The van der Waals surface area contributed by atoms with Crippen molar-refractivity contribution in [3.63, 3.8) is 0 Å². The first-order valence-electron chi connectivity index (χ1n) is 6.81. The molecule has 2 rings (SSSR count). The van der Waals surface area contributed by atoms with Gasteiger partial charge in [0.15, 0.2) is 0 Å². The molecule has 1 saturated heterocycles. The third-order valence-electron chi connectivity index (χ3n) is 3.38. The van der Waals surface area contributed by atoms with Crippen molar-refractivity contribution in [2.24, 2.45) is 5.92 Å². The van der Waals surface area contributed by atoms with Gasteiger partial charge in [0, 0.05) is 5.75 Å². The second-order valence-corrected chi connectivity index (χ2v) is 6.66. The van der Waals surface area contributed by atoms with E-state index in [-0.39, 0.29) is 16.7 Å². The van der Waals surface area contributed by atoms with Crippen LogP contribution in [0.5, 0.6) is 0 Å². The molecule has 0 aliphatic carbocycles. The molecular weight excluding hydrogens is 293 g/mol. The molecule has 0 aromatic heterocycles. The lowest BCUT2D eigenvalue weighted by Crippen LogP contribution is -2.51. The Morgan fingerprint density at radius 3 is 2.67 bits per heavy atom. The lowest BCUT2D eigenvalue weighted by atomic mass is 10.1. The minimum Gasteiger partial charge on any atom is -0.548 e. The van der Waals surface area contributed by atoms with E-state index < -0.39 is 23.7 Å². The van der Waals surface area contributed by atoms with Crippen LogP contribution < -0.4 is 5.11 Å². The molecule has 2 atom stereocenters. The quantitative estimate of drug-likeness (QED) is 0.846. The van der Waals surface area contributed by atoms with Crippen LogP contribution in [0.4, 0.5) is 4.39 Å². The fourth-order valence-electron chi connectivity index (χ4n) is 2.38. The van der Waals surface area contributed by atoms with Gasteiger partial charge in [-0.25, -0.2) is 4.39 Å². The second kappa shape index (κ2) is 6.47. The second-order valence-electron chi connectivity index (χ2n) is 5.44. The van der Waals surface area contributed by atoms with Gasteiger partial charge in [0.25, 0.3) is 5.91 Å². The highest BCUT2D eigenvalue weighted by Crippen LogP contribution is 2.34. The zero-order valence-corrected chi connectivity index (χ0v) is 12.7. The first-order chi connectivity index (χ1) is 9.91. The Balaban J connectivity index is 2.32. The number of carboxylic acid groups (broad SMARTS) is 1. The van der Waals surface area contributed by atoms with E-state index in [0.29, 0.717) is 12.3 Å². The number of halogens is 1. The molecule has 1 aromatic rings. The number of rotatable bonds is 4. The van der Waals surface area contributed by atoms with Crippen LogP contribution >= 0.6 is 11.8 Å². The number of carbonyl (C=O) groups excluding carboxylic acids is 2. The molecule has 1 aromatic carbocycles. The highest BCUT2D eigenvalue weighted by molar-refractivity contribution is 8.00. The van der Waals surface area contributed by atoms with Gasteiger partial charge in [-0.2, -0.15) is 0 Å². The van der Waals surface area contributed by atoms with E-state index in [1.54, 1.807) is 6.07 Å². The van der Waals surface area contributed by atoms with E-state index in [1.165, 1.54) is 34.9 Å². The molecule has 21 heavy (non-hydrogen) atoms. The molecule has 0 N–H and O–H groups in total. The van der Waals surface area contributed by atoms with E-state index in [9.17, 15) is 19.1 Å². The van der Waals surface area contributed by atoms with Crippen molar-refractivity contribution in [3.05, 3.63) is 35.6 Å². The average molecular weight is 310 g/mol. The van der Waals surface area contributed by atoms with Crippen molar-refractivity contribution < 1.29 is 19.1 Å². The maximum absolute atomic E-state index is 13.8.